The van der Waals surface area contributed by atoms with Gasteiger partial charge >= 0.3 is 5.97 Å². The molecule has 1 amide bonds. The summed E-state index contributed by atoms with van der Waals surface area (Å²) >= 11 is 13.2. The van der Waals surface area contributed by atoms with E-state index in [0.717, 1.165) is 4.70 Å². The Balaban J connectivity index is 2.17. The maximum absolute atomic E-state index is 12.7. The number of esters is 1. The second kappa shape index (κ2) is 8.77. The minimum atomic E-state index is -0.521. The summed E-state index contributed by atoms with van der Waals surface area (Å²) in [6, 6.07) is 9.98. The van der Waals surface area contributed by atoms with Crippen LogP contribution in [0.25, 0.3) is 10.2 Å². The van der Waals surface area contributed by atoms with Crippen LogP contribution in [0.15, 0.2) is 41.4 Å². The van der Waals surface area contributed by atoms with E-state index in [0.29, 0.717) is 26.1 Å². The minimum absolute atomic E-state index is 0.101. The summed E-state index contributed by atoms with van der Waals surface area (Å²) in [6.45, 7) is 1.88. The molecular formula is C19H16Cl2N2O4S. The summed E-state index contributed by atoms with van der Waals surface area (Å²) in [5.74, 6) is -0.391. The molecule has 0 bridgehead atoms. The van der Waals surface area contributed by atoms with Crippen LogP contribution in [0.2, 0.25) is 10.0 Å². The van der Waals surface area contributed by atoms with Crippen LogP contribution in [0.3, 0.4) is 0 Å². The molecule has 3 rings (SSSR count). The number of para-hydroxylation sites is 1. The van der Waals surface area contributed by atoms with Crippen molar-refractivity contribution in [1.82, 2.24) is 4.57 Å². The zero-order valence-corrected chi connectivity index (χ0v) is 17.4. The number of methoxy groups -OCH3 is 1. The number of halogens is 2. The molecule has 0 aliphatic heterocycles. The van der Waals surface area contributed by atoms with Gasteiger partial charge in [-0.1, -0.05) is 40.6 Å². The molecule has 0 aliphatic carbocycles. The summed E-state index contributed by atoms with van der Waals surface area (Å²) in [7, 11) is 1.54. The number of carbonyl (C=O) groups is 2. The van der Waals surface area contributed by atoms with Crippen molar-refractivity contribution in [2.24, 2.45) is 4.99 Å². The molecular weight excluding hydrogens is 423 g/mol. The van der Waals surface area contributed by atoms with E-state index in [4.69, 9.17) is 32.7 Å². The quantitative estimate of drug-likeness (QED) is 0.556. The van der Waals surface area contributed by atoms with E-state index < -0.39 is 11.9 Å². The fourth-order valence-electron chi connectivity index (χ4n) is 2.66. The summed E-state index contributed by atoms with van der Waals surface area (Å²) in [5, 5.41) is 0.673. The zero-order chi connectivity index (χ0) is 20.3. The van der Waals surface area contributed by atoms with Crippen LogP contribution < -0.4 is 9.54 Å². The monoisotopic (exact) mass is 438 g/mol. The summed E-state index contributed by atoms with van der Waals surface area (Å²) in [4.78, 5) is 29.3. The van der Waals surface area contributed by atoms with E-state index in [9.17, 15) is 9.59 Å². The van der Waals surface area contributed by atoms with Crippen LogP contribution >= 0.6 is 34.5 Å². The van der Waals surface area contributed by atoms with Gasteiger partial charge in [0.25, 0.3) is 5.91 Å². The highest BCUT2D eigenvalue weighted by atomic mass is 35.5. The number of rotatable bonds is 5. The van der Waals surface area contributed by atoms with Crippen LogP contribution in [0.1, 0.15) is 17.3 Å². The molecule has 0 saturated carbocycles. The molecule has 28 heavy (non-hydrogen) atoms. The fraction of sp³-hybridized carbons (Fsp3) is 0.211. The fourth-order valence-corrected chi connectivity index (χ4v) is 4.23. The first-order valence-electron chi connectivity index (χ1n) is 8.30. The number of aromatic nitrogens is 1. The Kier molecular flexibility index (Phi) is 6.39. The minimum Gasteiger partial charge on any atom is -0.495 e. The van der Waals surface area contributed by atoms with Gasteiger partial charge in [-0.3, -0.25) is 9.59 Å². The highest BCUT2D eigenvalue weighted by Crippen LogP contribution is 2.27. The van der Waals surface area contributed by atoms with Crippen molar-refractivity contribution in [1.29, 1.82) is 0 Å². The Hall–Kier alpha value is -2.35. The van der Waals surface area contributed by atoms with Crippen molar-refractivity contribution in [3.05, 3.63) is 56.8 Å². The lowest BCUT2D eigenvalue weighted by atomic mass is 10.2. The Bertz CT molecular complexity index is 1100. The van der Waals surface area contributed by atoms with Gasteiger partial charge in [0.2, 0.25) is 0 Å². The predicted octanol–water partition coefficient (Wildman–Crippen LogP) is 4.32. The van der Waals surface area contributed by atoms with Crippen LogP contribution in [0.4, 0.5) is 0 Å². The van der Waals surface area contributed by atoms with E-state index in [2.05, 4.69) is 4.99 Å². The highest BCUT2D eigenvalue weighted by Gasteiger charge is 2.16. The molecule has 0 spiro atoms. The molecule has 146 valence electrons. The average molecular weight is 439 g/mol. The lowest BCUT2D eigenvalue weighted by Gasteiger charge is -2.08. The molecule has 0 atom stereocenters. The standard InChI is InChI=1S/C19H16Cl2N2O4S/c1-3-27-16(24)10-23-17-14(26-2)5-4-6-15(17)28-19(23)22-18(25)11-7-12(20)9-13(21)8-11/h4-9H,3,10H2,1-2H3. The third-order valence-corrected chi connectivity index (χ3v) is 5.26. The molecule has 3 aromatic rings. The zero-order valence-electron chi connectivity index (χ0n) is 15.1. The topological polar surface area (TPSA) is 69.9 Å². The summed E-state index contributed by atoms with van der Waals surface area (Å²) in [5.41, 5.74) is 0.920. The molecule has 1 aromatic heterocycles. The van der Waals surface area contributed by atoms with Crippen LogP contribution in [-0.4, -0.2) is 30.2 Å². The maximum Gasteiger partial charge on any atom is 0.326 e. The average Bonchev–Trinajstić information content (AvgIpc) is 2.98. The van der Waals surface area contributed by atoms with Gasteiger partial charge in [-0.15, -0.1) is 0 Å². The van der Waals surface area contributed by atoms with Crippen LogP contribution in [-0.2, 0) is 16.1 Å². The van der Waals surface area contributed by atoms with E-state index in [1.807, 2.05) is 12.1 Å². The summed E-state index contributed by atoms with van der Waals surface area (Å²) < 4.78 is 12.9. The van der Waals surface area contributed by atoms with Crippen molar-refractivity contribution in [2.45, 2.75) is 13.5 Å². The third-order valence-electron chi connectivity index (χ3n) is 3.78. The van der Waals surface area contributed by atoms with Gasteiger partial charge in [-0.2, -0.15) is 4.99 Å². The van der Waals surface area contributed by atoms with Gasteiger partial charge in [0.15, 0.2) is 4.80 Å². The first kappa shape index (κ1) is 20.4. The van der Waals surface area contributed by atoms with Gasteiger partial charge < -0.3 is 14.0 Å². The largest absolute Gasteiger partial charge is 0.495 e. The number of thiazole rings is 1. The van der Waals surface area contributed by atoms with E-state index in [1.54, 1.807) is 17.6 Å². The van der Waals surface area contributed by atoms with Gasteiger partial charge in [-0.05, 0) is 37.3 Å². The SMILES string of the molecule is CCOC(=O)Cn1c(=NC(=O)c2cc(Cl)cc(Cl)c2)sc2cccc(OC)c21. The highest BCUT2D eigenvalue weighted by molar-refractivity contribution is 7.16. The predicted molar refractivity (Wildman–Crippen MR) is 109 cm³/mol. The van der Waals surface area contributed by atoms with E-state index >= 15 is 0 Å². The Morgan fingerprint density at radius 3 is 2.54 bits per heavy atom. The van der Waals surface area contributed by atoms with Gasteiger partial charge in [0.05, 0.1) is 18.4 Å². The van der Waals surface area contributed by atoms with Gasteiger partial charge in [-0.25, -0.2) is 0 Å². The molecule has 0 fully saturated rings. The molecule has 0 N–H and O–H groups in total. The second-order valence-electron chi connectivity index (χ2n) is 5.66. The number of amides is 1. The Morgan fingerprint density at radius 2 is 1.89 bits per heavy atom. The van der Waals surface area contributed by atoms with Gasteiger partial charge in [0.1, 0.15) is 17.8 Å². The number of fused-ring (bicyclic) bond motifs is 1. The van der Waals surface area contributed by atoms with Crippen molar-refractivity contribution in [3.8, 4) is 5.75 Å². The number of hydrogen-bond acceptors (Lipinski definition) is 5. The molecule has 9 heteroatoms. The maximum atomic E-state index is 12.7. The van der Waals surface area contributed by atoms with Crippen molar-refractivity contribution >= 4 is 56.6 Å². The first-order valence-corrected chi connectivity index (χ1v) is 9.87. The molecule has 2 aromatic carbocycles. The Morgan fingerprint density at radius 1 is 1.18 bits per heavy atom. The number of nitrogens with zero attached hydrogens (tertiary/aromatic N) is 2. The molecule has 1 heterocycles. The van der Waals surface area contributed by atoms with Crippen LogP contribution in [0, 0.1) is 0 Å². The molecule has 0 aliphatic rings. The van der Waals surface area contributed by atoms with E-state index in [1.165, 1.54) is 36.6 Å². The second-order valence-corrected chi connectivity index (χ2v) is 7.54. The Labute approximate surface area is 174 Å². The molecule has 6 nitrogen and oxygen atoms in total. The lowest BCUT2D eigenvalue weighted by Crippen LogP contribution is -2.23. The van der Waals surface area contributed by atoms with Crippen molar-refractivity contribution in [3.63, 3.8) is 0 Å². The molecule has 0 radical (unpaired) electrons. The summed E-state index contributed by atoms with van der Waals surface area (Å²) in [6.07, 6.45) is 0. The smallest absolute Gasteiger partial charge is 0.326 e. The molecule has 0 unspecified atom stereocenters. The number of benzene rings is 2. The first-order chi connectivity index (χ1) is 13.4. The third kappa shape index (κ3) is 4.38. The normalized spacial score (nSPS) is 11.6. The van der Waals surface area contributed by atoms with Crippen LogP contribution in [0.5, 0.6) is 5.75 Å². The van der Waals surface area contributed by atoms with E-state index in [-0.39, 0.29) is 18.7 Å². The number of hydrogen-bond donors (Lipinski definition) is 0. The molecule has 0 saturated heterocycles. The van der Waals surface area contributed by atoms with Gasteiger partial charge in [0, 0.05) is 15.6 Å². The van der Waals surface area contributed by atoms with Crippen molar-refractivity contribution in [2.75, 3.05) is 13.7 Å². The van der Waals surface area contributed by atoms with Crippen molar-refractivity contribution < 1.29 is 19.1 Å². The lowest BCUT2D eigenvalue weighted by molar-refractivity contribution is -0.143. The number of ether oxygens (including phenoxy) is 2. The number of carbonyl (C=O) groups excluding carboxylic acids is 2.